The van der Waals surface area contributed by atoms with Crippen molar-refractivity contribution >= 4 is 6.09 Å². The first-order valence-corrected chi connectivity index (χ1v) is 4.25. The molecule has 1 amide bonds. The van der Waals surface area contributed by atoms with E-state index in [1.807, 2.05) is 6.07 Å². The fourth-order valence-corrected chi connectivity index (χ4v) is 1.14. The van der Waals surface area contributed by atoms with E-state index in [0.717, 1.165) is 0 Å². The van der Waals surface area contributed by atoms with Crippen LogP contribution in [0.15, 0.2) is 12.1 Å². The van der Waals surface area contributed by atoms with Gasteiger partial charge in [-0.15, -0.1) is 0 Å². The number of carbonyl (C=O) groups excluding carboxylic acids is 1. The van der Waals surface area contributed by atoms with Crippen LogP contribution in [-0.2, 0) is 0 Å². The zero-order valence-electron chi connectivity index (χ0n) is 8.81. The number of nitrogens with zero attached hydrogens (tertiary/aromatic N) is 1. The minimum Gasteiger partial charge on any atom is -0.493 e. The second-order valence-electron chi connectivity index (χ2n) is 2.74. The van der Waals surface area contributed by atoms with E-state index in [2.05, 4.69) is 4.74 Å². The molecule has 0 spiro atoms. The van der Waals surface area contributed by atoms with Gasteiger partial charge in [0.1, 0.15) is 6.07 Å². The zero-order chi connectivity index (χ0) is 12.1. The average molecular weight is 222 g/mol. The molecule has 0 saturated carbocycles. The molecule has 0 aliphatic rings. The van der Waals surface area contributed by atoms with Crippen molar-refractivity contribution in [2.24, 2.45) is 5.73 Å². The third-order valence-corrected chi connectivity index (χ3v) is 1.82. The van der Waals surface area contributed by atoms with E-state index in [4.69, 9.17) is 20.5 Å². The number of amides is 1. The molecule has 16 heavy (non-hydrogen) atoms. The van der Waals surface area contributed by atoms with Crippen LogP contribution in [0.25, 0.3) is 0 Å². The van der Waals surface area contributed by atoms with Crippen molar-refractivity contribution in [2.45, 2.75) is 0 Å². The first-order chi connectivity index (χ1) is 7.62. The molecule has 2 N–H and O–H groups in total. The Kier molecular flexibility index (Phi) is 3.56. The number of nitrogens with two attached hydrogens (primary N) is 1. The fourth-order valence-electron chi connectivity index (χ4n) is 1.14. The zero-order valence-corrected chi connectivity index (χ0v) is 8.81. The predicted molar refractivity (Wildman–Crippen MR) is 54.5 cm³/mol. The lowest BCUT2D eigenvalue weighted by Gasteiger charge is -2.10. The van der Waals surface area contributed by atoms with Gasteiger partial charge in [0.15, 0.2) is 17.2 Å². The van der Waals surface area contributed by atoms with Gasteiger partial charge in [0.05, 0.1) is 19.8 Å². The van der Waals surface area contributed by atoms with Gasteiger partial charge in [-0.25, -0.2) is 4.79 Å². The summed E-state index contributed by atoms with van der Waals surface area (Å²) in [7, 11) is 2.87. The molecule has 84 valence electrons. The van der Waals surface area contributed by atoms with E-state index in [1.54, 1.807) is 0 Å². The van der Waals surface area contributed by atoms with Crippen LogP contribution in [0.4, 0.5) is 4.79 Å². The maximum Gasteiger partial charge on any atom is 0.410 e. The smallest absolute Gasteiger partial charge is 0.410 e. The molecular formula is C10H10N2O4. The molecule has 0 atom stereocenters. The highest BCUT2D eigenvalue weighted by molar-refractivity contribution is 5.70. The number of benzene rings is 1. The van der Waals surface area contributed by atoms with Crippen molar-refractivity contribution in [3.63, 3.8) is 0 Å². The predicted octanol–water partition coefficient (Wildman–Crippen LogP) is 1.03. The molecule has 0 radical (unpaired) electrons. The Morgan fingerprint density at radius 3 is 2.25 bits per heavy atom. The van der Waals surface area contributed by atoms with Crippen molar-refractivity contribution in [1.82, 2.24) is 0 Å². The molecule has 0 unspecified atom stereocenters. The molecule has 0 heterocycles. The molecule has 6 heteroatoms. The van der Waals surface area contributed by atoms with Crippen LogP contribution < -0.4 is 19.9 Å². The highest BCUT2D eigenvalue weighted by Crippen LogP contribution is 2.34. The van der Waals surface area contributed by atoms with Gasteiger partial charge in [-0.1, -0.05) is 0 Å². The number of ether oxygens (including phenoxy) is 3. The second kappa shape index (κ2) is 4.89. The highest BCUT2D eigenvalue weighted by Gasteiger charge is 2.13. The maximum absolute atomic E-state index is 10.6. The lowest BCUT2D eigenvalue weighted by atomic mass is 10.2. The summed E-state index contributed by atoms with van der Waals surface area (Å²) in [4.78, 5) is 10.6. The molecule has 0 fully saturated rings. The van der Waals surface area contributed by atoms with Crippen molar-refractivity contribution < 1.29 is 19.0 Å². The quantitative estimate of drug-likeness (QED) is 0.824. The lowest BCUT2D eigenvalue weighted by molar-refractivity contribution is 0.210. The first kappa shape index (κ1) is 11.7. The SMILES string of the molecule is COc1cc(C#N)c(OC(N)=O)cc1OC. The molecule has 0 saturated heterocycles. The third kappa shape index (κ3) is 2.33. The summed E-state index contributed by atoms with van der Waals surface area (Å²) >= 11 is 0. The van der Waals surface area contributed by atoms with Crippen LogP contribution in [0.5, 0.6) is 17.2 Å². The van der Waals surface area contributed by atoms with Crippen molar-refractivity contribution in [3.05, 3.63) is 17.7 Å². The Balaban J connectivity index is 3.27. The Morgan fingerprint density at radius 1 is 1.25 bits per heavy atom. The maximum atomic E-state index is 10.6. The number of primary amides is 1. The summed E-state index contributed by atoms with van der Waals surface area (Å²) < 4.78 is 14.6. The Labute approximate surface area is 92.1 Å². The van der Waals surface area contributed by atoms with Crippen LogP contribution in [0.1, 0.15) is 5.56 Å². The van der Waals surface area contributed by atoms with Crippen LogP contribution in [0.3, 0.4) is 0 Å². The summed E-state index contributed by atoms with van der Waals surface area (Å²) in [6.07, 6.45) is -0.997. The largest absolute Gasteiger partial charge is 0.493 e. The first-order valence-electron chi connectivity index (χ1n) is 4.25. The lowest BCUT2D eigenvalue weighted by Crippen LogP contribution is -2.17. The normalized spacial score (nSPS) is 9.06. The van der Waals surface area contributed by atoms with E-state index in [1.165, 1.54) is 26.4 Å². The van der Waals surface area contributed by atoms with Gasteiger partial charge in [-0.05, 0) is 0 Å². The Morgan fingerprint density at radius 2 is 1.81 bits per heavy atom. The Hall–Kier alpha value is -2.42. The minimum absolute atomic E-state index is 0.0349. The summed E-state index contributed by atoms with van der Waals surface area (Å²) in [5.41, 5.74) is 5.00. The summed E-state index contributed by atoms with van der Waals surface area (Å²) in [6, 6.07) is 4.62. The van der Waals surface area contributed by atoms with E-state index in [0.29, 0.717) is 11.5 Å². The number of hydrogen-bond acceptors (Lipinski definition) is 5. The molecule has 1 rings (SSSR count). The van der Waals surface area contributed by atoms with Crippen LogP contribution in [-0.4, -0.2) is 20.3 Å². The monoisotopic (exact) mass is 222 g/mol. The minimum atomic E-state index is -0.997. The van der Waals surface area contributed by atoms with Crippen molar-refractivity contribution in [2.75, 3.05) is 14.2 Å². The number of carbonyl (C=O) groups is 1. The van der Waals surface area contributed by atoms with Gasteiger partial charge in [0, 0.05) is 12.1 Å². The van der Waals surface area contributed by atoms with Crippen LogP contribution >= 0.6 is 0 Å². The third-order valence-electron chi connectivity index (χ3n) is 1.82. The number of methoxy groups -OCH3 is 2. The molecule has 0 bridgehead atoms. The highest BCUT2D eigenvalue weighted by atomic mass is 16.6. The Bertz CT molecular complexity index is 451. The standard InChI is InChI=1S/C10H10N2O4/c1-14-8-3-6(5-11)7(16-10(12)13)4-9(8)15-2/h3-4H,1-2H3,(H2,12,13). The van der Waals surface area contributed by atoms with Gasteiger partial charge in [-0.2, -0.15) is 5.26 Å². The molecule has 0 aliphatic heterocycles. The number of nitriles is 1. The van der Waals surface area contributed by atoms with Gasteiger partial charge in [-0.3, -0.25) is 0 Å². The molecular weight excluding hydrogens is 212 g/mol. The summed E-state index contributed by atoms with van der Waals surface area (Å²) in [5, 5.41) is 8.84. The summed E-state index contributed by atoms with van der Waals surface area (Å²) in [5.74, 6) is 0.751. The van der Waals surface area contributed by atoms with Crippen molar-refractivity contribution in [3.8, 4) is 23.3 Å². The topological polar surface area (TPSA) is 94.6 Å². The molecule has 0 aliphatic carbocycles. The molecule has 0 aromatic heterocycles. The van der Waals surface area contributed by atoms with Gasteiger partial charge < -0.3 is 19.9 Å². The second-order valence-corrected chi connectivity index (χ2v) is 2.74. The van der Waals surface area contributed by atoms with E-state index in [-0.39, 0.29) is 11.3 Å². The molecule has 1 aromatic carbocycles. The summed E-state index contributed by atoms with van der Waals surface area (Å²) in [6.45, 7) is 0. The van der Waals surface area contributed by atoms with Crippen LogP contribution in [0, 0.1) is 11.3 Å². The number of hydrogen-bond donors (Lipinski definition) is 1. The van der Waals surface area contributed by atoms with E-state index >= 15 is 0 Å². The average Bonchev–Trinajstić information content (AvgIpc) is 2.27. The van der Waals surface area contributed by atoms with Gasteiger partial charge in [0.25, 0.3) is 0 Å². The molecule has 1 aromatic rings. The fraction of sp³-hybridized carbons (Fsp3) is 0.200. The molecule has 6 nitrogen and oxygen atoms in total. The van der Waals surface area contributed by atoms with Gasteiger partial charge in [0.2, 0.25) is 0 Å². The van der Waals surface area contributed by atoms with Crippen LogP contribution in [0.2, 0.25) is 0 Å². The van der Waals surface area contributed by atoms with Gasteiger partial charge >= 0.3 is 6.09 Å². The number of rotatable bonds is 3. The van der Waals surface area contributed by atoms with E-state index in [9.17, 15) is 4.79 Å². The van der Waals surface area contributed by atoms with Crippen molar-refractivity contribution in [1.29, 1.82) is 5.26 Å². The van der Waals surface area contributed by atoms with E-state index < -0.39 is 6.09 Å².